The average molecular weight is 522 g/mol. The van der Waals surface area contributed by atoms with Crippen LogP contribution >= 0.6 is 35.0 Å². The number of rotatable bonds is 11. The van der Waals surface area contributed by atoms with Crippen LogP contribution in [0.2, 0.25) is 10.0 Å². The summed E-state index contributed by atoms with van der Waals surface area (Å²) in [5.41, 5.74) is 1.91. The summed E-state index contributed by atoms with van der Waals surface area (Å²) in [7, 11) is 0. The highest BCUT2D eigenvalue weighted by Crippen LogP contribution is 2.28. The Bertz CT molecular complexity index is 915. The fourth-order valence-corrected chi connectivity index (χ4v) is 5.79. The molecule has 0 aromatic heterocycles. The molecule has 3 rings (SSSR count). The quantitative estimate of drug-likeness (QED) is 0.328. The number of carbonyl (C=O) groups is 2. The molecule has 0 unspecified atom stereocenters. The molecule has 0 saturated heterocycles. The molecule has 0 heterocycles. The SMILES string of the molecule is CC[C@H](C(=O)NC1CCCCC1)N(Cc1c(Cl)cccc1Cl)C(=O)CCSCc1ccccc1. The molecule has 0 spiro atoms. The van der Waals surface area contributed by atoms with Gasteiger partial charge in [0.25, 0.3) is 0 Å². The van der Waals surface area contributed by atoms with Gasteiger partial charge in [-0.3, -0.25) is 9.59 Å². The van der Waals surface area contributed by atoms with Crippen LogP contribution in [-0.2, 0) is 21.9 Å². The molecule has 4 nitrogen and oxygen atoms in total. The molecule has 1 aliphatic carbocycles. The van der Waals surface area contributed by atoms with E-state index in [1.54, 1.807) is 34.9 Å². The lowest BCUT2D eigenvalue weighted by Crippen LogP contribution is -2.51. The van der Waals surface area contributed by atoms with Crippen LogP contribution in [-0.4, -0.2) is 34.6 Å². The van der Waals surface area contributed by atoms with E-state index in [0.29, 0.717) is 34.2 Å². The van der Waals surface area contributed by atoms with Crippen molar-refractivity contribution < 1.29 is 9.59 Å². The van der Waals surface area contributed by atoms with Crippen LogP contribution < -0.4 is 5.32 Å². The zero-order chi connectivity index (χ0) is 24.3. The molecule has 0 aliphatic heterocycles. The number of hydrogen-bond acceptors (Lipinski definition) is 3. The van der Waals surface area contributed by atoms with Crippen LogP contribution in [0, 0.1) is 0 Å². The van der Waals surface area contributed by atoms with Crippen molar-refractivity contribution in [1.29, 1.82) is 0 Å². The molecule has 1 aliphatic rings. The number of hydrogen-bond donors (Lipinski definition) is 1. The first kappa shape index (κ1) is 26.9. The average Bonchev–Trinajstić information content (AvgIpc) is 2.84. The van der Waals surface area contributed by atoms with E-state index in [4.69, 9.17) is 23.2 Å². The van der Waals surface area contributed by atoms with Crippen molar-refractivity contribution in [3.05, 3.63) is 69.7 Å². The summed E-state index contributed by atoms with van der Waals surface area (Å²) < 4.78 is 0. The zero-order valence-corrected chi connectivity index (χ0v) is 22.1. The summed E-state index contributed by atoms with van der Waals surface area (Å²) in [6, 6.07) is 15.2. The fourth-order valence-electron chi connectivity index (χ4n) is 4.38. The highest BCUT2D eigenvalue weighted by Gasteiger charge is 2.31. The molecular weight excluding hydrogens is 487 g/mol. The third kappa shape index (κ3) is 7.93. The van der Waals surface area contributed by atoms with Crippen molar-refractivity contribution >= 4 is 46.8 Å². The Morgan fingerprint density at radius 2 is 1.71 bits per heavy atom. The maximum absolute atomic E-state index is 13.4. The predicted molar refractivity (Wildman–Crippen MR) is 143 cm³/mol. The van der Waals surface area contributed by atoms with E-state index in [-0.39, 0.29) is 24.4 Å². The van der Waals surface area contributed by atoms with Crippen LogP contribution in [0.4, 0.5) is 0 Å². The van der Waals surface area contributed by atoms with E-state index in [0.717, 1.165) is 31.4 Å². The van der Waals surface area contributed by atoms with Crippen molar-refractivity contribution in [2.24, 2.45) is 0 Å². The van der Waals surface area contributed by atoms with Crippen LogP contribution in [0.25, 0.3) is 0 Å². The molecule has 2 aromatic carbocycles. The molecule has 184 valence electrons. The summed E-state index contributed by atoms with van der Waals surface area (Å²) in [5.74, 6) is 1.40. The Morgan fingerprint density at radius 3 is 2.35 bits per heavy atom. The van der Waals surface area contributed by atoms with E-state index in [2.05, 4.69) is 17.4 Å². The minimum atomic E-state index is -0.555. The molecule has 1 atom stereocenters. The predicted octanol–water partition coefficient (Wildman–Crippen LogP) is 6.87. The van der Waals surface area contributed by atoms with Gasteiger partial charge in [-0.25, -0.2) is 0 Å². The Morgan fingerprint density at radius 1 is 1.03 bits per heavy atom. The van der Waals surface area contributed by atoms with E-state index < -0.39 is 6.04 Å². The maximum Gasteiger partial charge on any atom is 0.243 e. The first-order valence-corrected chi connectivity index (χ1v) is 14.0. The van der Waals surface area contributed by atoms with Crippen molar-refractivity contribution in [3.8, 4) is 0 Å². The molecule has 2 aromatic rings. The summed E-state index contributed by atoms with van der Waals surface area (Å²) in [6.07, 6.45) is 6.39. The lowest BCUT2D eigenvalue weighted by molar-refractivity contribution is -0.141. The Labute approximate surface area is 217 Å². The molecule has 1 saturated carbocycles. The number of benzene rings is 2. The number of halogens is 2. The molecule has 0 bridgehead atoms. The van der Waals surface area contributed by atoms with Gasteiger partial charge in [-0.15, -0.1) is 0 Å². The first-order valence-electron chi connectivity index (χ1n) is 12.1. The van der Waals surface area contributed by atoms with Gasteiger partial charge in [0.15, 0.2) is 0 Å². The summed E-state index contributed by atoms with van der Waals surface area (Å²) in [4.78, 5) is 28.4. The minimum absolute atomic E-state index is 0.0535. The van der Waals surface area contributed by atoms with Gasteiger partial charge >= 0.3 is 0 Å². The number of thioether (sulfide) groups is 1. The normalized spacial score (nSPS) is 15.0. The molecule has 0 radical (unpaired) electrons. The molecular formula is C27H34Cl2N2O2S. The van der Waals surface area contributed by atoms with Gasteiger partial charge in [-0.2, -0.15) is 11.8 Å². The summed E-state index contributed by atoms with van der Waals surface area (Å²) in [6.45, 7) is 2.17. The lowest BCUT2D eigenvalue weighted by Gasteiger charge is -2.33. The number of nitrogens with zero attached hydrogens (tertiary/aromatic N) is 1. The van der Waals surface area contributed by atoms with Gasteiger partial charge in [-0.05, 0) is 37.0 Å². The molecule has 1 N–H and O–H groups in total. The summed E-state index contributed by atoms with van der Waals surface area (Å²) in [5, 5.41) is 4.22. The molecule has 7 heteroatoms. The van der Waals surface area contributed by atoms with E-state index in [9.17, 15) is 9.59 Å². The molecule has 1 fully saturated rings. The van der Waals surface area contributed by atoms with Crippen LogP contribution in [0.15, 0.2) is 48.5 Å². The lowest BCUT2D eigenvalue weighted by atomic mass is 9.95. The first-order chi connectivity index (χ1) is 16.5. The molecule has 2 amide bonds. The second-order valence-electron chi connectivity index (χ2n) is 8.78. The van der Waals surface area contributed by atoms with Crippen molar-refractivity contribution in [2.45, 2.75) is 76.3 Å². The Balaban J connectivity index is 1.70. The third-order valence-corrected chi connectivity index (χ3v) is 8.04. The Hall–Kier alpha value is -1.69. The van der Waals surface area contributed by atoms with Crippen molar-refractivity contribution in [2.75, 3.05) is 5.75 Å². The monoisotopic (exact) mass is 520 g/mol. The standard InChI is InChI=1S/C27H34Cl2N2O2S/c1-2-25(27(33)30-21-12-7-4-8-13-21)31(18-22-23(28)14-9-15-24(22)29)26(32)16-17-34-19-20-10-5-3-6-11-20/h3,5-6,9-11,14-15,21,25H,2,4,7-8,12-13,16-19H2,1H3,(H,30,33)/t25-/m1/s1. The third-order valence-electron chi connectivity index (χ3n) is 6.30. The van der Waals surface area contributed by atoms with Crippen LogP contribution in [0.1, 0.15) is 63.0 Å². The zero-order valence-electron chi connectivity index (χ0n) is 19.8. The van der Waals surface area contributed by atoms with Crippen LogP contribution in [0.5, 0.6) is 0 Å². The van der Waals surface area contributed by atoms with Gasteiger partial charge in [0, 0.05) is 46.1 Å². The van der Waals surface area contributed by atoms with Gasteiger partial charge in [-0.1, -0.05) is 85.8 Å². The van der Waals surface area contributed by atoms with Crippen LogP contribution in [0.3, 0.4) is 0 Å². The van der Waals surface area contributed by atoms with Gasteiger partial charge in [0.2, 0.25) is 11.8 Å². The van der Waals surface area contributed by atoms with Gasteiger partial charge in [0.1, 0.15) is 6.04 Å². The smallest absolute Gasteiger partial charge is 0.243 e. The second-order valence-corrected chi connectivity index (χ2v) is 10.7. The minimum Gasteiger partial charge on any atom is -0.352 e. The largest absolute Gasteiger partial charge is 0.352 e. The van der Waals surface area contributed by atoms with E-state index >= 15 is 0 Å². The highest BCUT2D eigenvalue weighted by molar-refractivity contribution is 7.98. The highest BCUT2D eigenvalue weighted by atomic mass is 35.5. The van der Waals surface area contributed by atoms with Crippen molar-refractivity contribution in [3.63, 3.8) is 0 Å². The number of nitrogens with one attached hydrogen (secondary N) is 1. The van der Waals surface area contributed by atoms with Gasteiger partial charge in [0.05, 0.1) is 0 Å². The number of amides is 2. The second kappa shape index (κ2) is 14.0. The van der Waals surface area contributed by atoms with Gasteiger partial charge < -0.3 is 10.2 Å². The van der Waals surface area contributed by atoms with Crippen molar-refractivity contribution in [1.82, 2.24) is 10.2 Å². The summed E-state index contributed by atoms with van der Waals surface area (Å²) >= 11 is 14.6. The van der Waals surface area contributed by atoms with E-state index in [1.165, 1.54) is 12.0 Å². The molecule has 34 heavy (non-hydrogen) atoms. The topological polar surface area (TPSA) is 49.4 Å². The fraction of sp³-hybridized carbons (Fsp3) is 0.481. The number of carbonyl (C=O) groups excluding carboxylic acids is 2. The maximum atomic E-state index is 13.4. The van der Waals surface area contributed by atoms with E-state index in [1.807, 2.05) is 25.1 Å². The Kier molecular flexibility index (Phi) is 11.1.